The third kappa shape index (κ3) is 2.69. The number of carbonyl (C=O) groups excluding carboxylic acids is 1. The van der Waals surface area contributed by atoms with Gasteiger partial charge < -0.3 is 4.90 Å². The Hall–Kier alpha value is -1.07. The van der Waals surface area contributed by atoms with Crippen molar-refractivity contribution in [1.82, 2.24) is 10.2 Å². The minimum absolute atomic E-state index is 0.00393. The second-order valence-corrected chi connectivity index (χ2v) is 8.09. The summed E-state index contributed by atoms with van der Waals surface area (Å²) in [5, 5.41) is 3.47. The van der Waals surface area contributed by atoms with Crippen molar-refractivity contribution < 1.29 is 9.18 Å². The van der Waals surface area contributed by atoms with Gasteiger partial charge in [-0.1, -0.05) is 12.1 Å². The van der Waals surface area contributed by atoms with Gasteiger partial charge in [-0.05, 0) is 50.6 Å². The summed E-state index contributed by atoms with van der Waals surface area (Å²) in [7, 11) is 0. The maximum absolute atomic E-state index is 13.1. The van der Waals surface area contributed by atoms with E-state index in [1.165, 1.54) is 12.1 Å². The van der Waals surface area contributed by atoms with E-state index in [0.717, 1.165) is 18.4 Å². The molecule has 114 valence electrons. The van der Waals surface area contributed by atoms with Gasteiger partial charge >= 0.3 is 0 Å². The van der Waals surface area contributed by atoms with E-state index in [2.05, 4.69) is 25.4 Å². The maximum atomic E-state index is 13.1. The molecule has 0 bridgehead atoms. The fraction of sp³-hybridized carbons (Fsp3) is 0.562. The van der Waals surface area contributed by atoms with E-state index in [0.29, 0.717) is 6.54 Å². The molecular formula is C16H21FN2OS. The Morgan fingerprint density at radius 3 is 2.52 bits per heavy atom. The van der Waals surface area contributed by atoms with E-state index >= 15 is 0 Å². The Morgan fingerprint density at radius 2 is 2.00 bits per heavy atom. The average Bonchev–Trinajstić information content (AvgIpc) is 3.19. The van der Waals surface area contributed by atoms with Crippen LogP contribution in [0.2, 0.25) is 0 Å². The summed E-state index contributed by atoms with van der Waals surface area (Å²) in [6, 6.07) is 6.44. The third-order valence-corrected chi connectivity index (χ3v) is 5.67. The zero-order chi connectivity index (χ0) is 15.3. The van der Waals surface area contributed by atoms with Gasteiger partial charge in [-0.15, -0.1) is 0 Å². The molecule has 1 saturated carbocycles. The van der Waals surface area contributed by atoms with Crippen LogP contribution in [0.1, 0.15) is 38.4 Å². The van der Waals surface area contributed by atoms with Crippen LogP contribution in [0.5, 0.6) is 0 Å². The Labute approximate surface area is 129 Å². The zero-order valence-corrected chi connectivity index (χ0v) is 13.5. The first-order valence-electron chi connectivity index (χ1n) is 7.26. The molecule has 3 rings (SSSR count). The topological polar surface area (TPSA) is 32.3 Å². The molecule has 2 fully saturated rings. The van der Waals surface area contributed by atoms with Gasteiger partial charge in [-0.2, -0.15) is 11.8 Å². The van der Waals surface area contributed by atoms with E-state index in [9.17, 15) is 9.18 Å². The quantitative estimate of drug-likeness (QED) is 0.928. The molecule has 3 nitrogen and oxygen atoms in total. The molecule has 1 unspecified atom stereocenters. The van der Waals surface area contributed by atoms with Gasteiger partial charge in [0.2, 0.25) is 5.91 Å². The Bertz CT molecular complexity index is 554. The summed E-state index contributed by atoms with van der Waals surface area (Å²) in [4.78, 5) is 14.6. The summed E-state index contributed by atoms with van der Waals surface area (Å²) in [5.74, 6) is -0.0563. The molecule has 1 heterocycles. The summed E-state index contributed by atoms with van der Waals surface area (Å²) in [5.41, 5.74) is 0.596. The lowest BCUT2D eigenvalue weighted by molar-refractivity contribution is -0.131. The Balaban J connectivity index is 1.89. The molecule has 1 aliphatic carbocycles. The number of hydrogen-bond acceptors (Lipinski definition) is 3. The van der Waals surface area contributed by atoms with Gasteiger partial charge in [-0.25, -0.2) is 4.39 Å². The lowest BCUT2D eigenvalue weighted by Crippen LogP contribution is -2.40. The van der Waals surface area contributed by atoms with Crippen LogP contribution < -0.4 is 5.32 Å². The third-order valence-electron chi connectivity index (χ3n) is 4.43. The zero-order valence-electron chi connectivity index (χ0n) is 12.6. The Kier molecular flexibility index (Phi) is 3.53. The van der Waals surface area contributed by atoms with Gasteiger partial charge in [0, 0.05) is 11.3 Å². The van der Waals surface area contributed by atoms with Crippen molar-refractivity contribution in [2.24, 2.45) is 0 Å². The van der Waals surface area contributed by atoms with Crippen molar-refractivity contribution in [3.05, 3.63) is 35.6 Å². The monoisotopic (exact) mass is 308 g/mol. The molecule has 2 aliphatic rings. The van der Waals surface area contributed by atoms with E-state index in [-0.39, 0.29) is 28.2 Å². The number of thioether (sulfide) groups is 1. The van der Waals surface area contributed by atoms with Gasteiger partial charge in [0.05, 0.1) is 0 Å². The molecule has 21 heavy (non-hydrogen) atoms. The first-order valence-corrected chi connectivity index (χ1v) is 8.49. The Morgan fingerprint density at radius 1 is 1.38 bits per heavy atom. The molecule has 0 aromatic heterocycles. The molecule has 1 saturated heterocycles. The largest absolute Gasteiger partial charge is 0.320 e. The van der Waals surface area contributed by atoms with Crippen LogP contribution in [0.25, 0.3) is 0 Å². The predicted octanol–water partition coefficient (Wildman–Crippen LogP) is 2.93. The lowest BCUT2D eigenvalue weighted by Gasteiger charge is -2.32. The standard InChI is InChI=1S/C16H21FN2OS/c1-15(2,21-3)10-19-13(11-4-6-12(17)7-5-11)18-16(8-9-16)14(19)20/h4-7,13,18H,8-10H2,1-3H3. The van der Waals surface area contributed by atoms with Crippen LogP contribution in [0, 0.1) is 5.82 Å². The molecule has 1 N–H and O–H groups in total. The minimum Gasteiger partial charge on any atom is -0.320 e. The normalized spacial score (nSPS) is 23.9. The van der Waals surface area contributed by atoms with Crippen LogP contribution in [0.3, 0.4) is 0 Å². The molecule has 1 aromatic rings. The van der Waals surface area contributed by atoms with Crippen molar-refractivity contribution in [3.8, 4) is 0 Å². The van der Waals surface area contributed by atoms with Crippen LogP contribution in [-0.4, -0.2) is 33.9 Å². The van der Waals surface area contributed by atoms with E-state index in [1.807, 2.05) is 4.90 Å². The van der Waals surface area contributed by atoms with Crippen molar-refractivity contribution in [2.45, 2.75) is 43.1 Å². The summed E-state index contributed by atoms with van der Waals surface area (Å²) in [6.45, 7) is 4.97. The number of halogens is 1. The smallest absolute Gasteiger partial charge is 0.244 e. The first kappa shape index (κ1) is 14.9. The fourth-order valence-electron chi connectivity index (χ4n) is 2.82. The number of hydrogen-bond donors (Lipinski definition) is 1. The first-order chi connectivity index (χ1) is 9.87. The number of nitrogens with zero attached hydrogens (tertiary/aromatic N) is 1. The highest BCUT2D eigenvalue weighted by Gasteiger charge is 2.59. The van der Waals surface area contributed by atoms with Crippen LogP contribution in [0.15, 0.2) is 24.3 Å². The number of benzene rings is 1. The van der Waals surface area contributed by atoms with Crippen molar-refractivity contribution in [3.63, 3.8) is 0 Å². The molecule has 0 radical (unpaired) electrons. The second-order valence-electron chi connectivity index (χ2n) is 6.58. The number of amides is 1. The average molecular weight is 308 g/mol. The van der Waals surface area contributed by atoms with Crippen molar-refractivity contribution in [2.75, 3.05) is 12.8 Å². The van der Waals surface area contributed by atoms with Crippen molar-refractivity contribution >= 4 is 17.7 Å². The predicted molar refractivity (Wildman–Crippen MR) is 83.5 cm³/mol. The molecule has 1 atom stereocenters. The van der Waals surface area contributed by atoms with Crippen molar-refractivity contribution in [1.29, 1.82) is 0 Å². The summed E-state index contributed by atoms with van der Waals surface area (Å²) < 4.78 is 13.1. The maximum Gasteiger partial charge on any atom is 0.244 e. The SMILES string of the molecule is CSC(C)(C)CN1C(=O)C2(CC2)NC1c1ccc(F)cc1. The minimum atomic E-state index is -0.354. The highest BCUT2D eigenvalue weighted by Crippen LogP contribution is 2.46. The highest BCUT2D eigenvalue weighted by molar-refractivity contribution is 7.99. The summed E-state index contributed by atoms with van der Waals surface area (Å²) >= 11 is 1.75. The molecular weight excluding hydrogens is 287 g/mol. The number of rotatable bonds is 4. The highest BCUT2D eigenvalue weighted by atomic mass is 32.2. The van der Waals surface area contributed by atoms with E-state index in [4.69, 9.17) is 0 Å². The van der Waals surface area contributed by atoms with Crippen LogP contribution >= 0.6 is 11.8 Å². The molecule has 1 amide bonds. The summed E-state index contributed by atoms with van der Waals surface area (Å²) in [6.07, 6.45) is 3.72. The van der Waals surface area contributed by atoms with Crippen LogP contribution in [-0.2, 0) is 4.79 Å². The second kappa shape index (κ2) is 4.99. The van der Waals surface area contributed by atoms with Gasteiger partial charge in [0.1, 0.15) is 17.5 Å². The fourth-order valence-corrected chi connectivity index (χ4v) is 3.09. The van der Waals surface area contributed by atoms with E-state index < -0.39 is 0 Å². The number of nitrogens with one attached hydrogen (secondary N) is 1. The molecule has 1 aliphatic heterocycles. The molecule has 5 heteroatoms. The van der Waals surface area contributed by atoms with Crippen LogP contribution in [0.4, 0.5) is 4.39 Å². The molecule has 1 aromatic carbocycles. The van der Waals surface area contributed by atoms with Gasteiger partial charge in [0.15, 0.2) is 0 Å². The van der Waals surface area contributed by atoms with E-state index in [1.54, 1.807) is 23.9 Å². The van der Waals surface area contributed by atoms with Gasteiger partial charge in [0.25, 0.3) is 0 Å². The lowest BCUT2D eigenvalue weighted by atomic mass is 10.1. The number of carbonyl (C=O) groups is 1. The van der Waals surface area contributed by atoms with Gasteiger partial charge in [-0.3, -0.25) is 10.1 Å². The molecule has 1 spiro atoms.